The molecular formula is C24H22F2N4O3. The molecule has 0 aliphatic heterocycles. The monoisotopic (exact) mass is 452 g/mol. The molecule has 0 saturated heterocycles. The van der Waals surface area contributed by atoms with Crippen LogP contribution in [-0.2, 0) is 0 Å². The van der Waals surface area contributed by atoms with Crippen molar-refractivity contribution in [2.75, 3.05) is 14.2 Å². The maximum atomic E-state index is 13.8. The first kappa shape index (κ1) is 22.2. The molecule has 0 aliphatic rings. The van der Waals surface area contributed by atoms with Crippen molar-refractivity contribution in [2.24, 2.45) is 0 Å². The van der Waals surface area contributed by atoms with Crippen LogP contribution in [0.2, 0.25) is 0 Å². The van der Waals surface area contributed by atoms with Crippen molar-refractivity contribution < 1.29 is 23.0 Å². The Hall–Kier alpha value is -4.01. The first-order valence-electron chi connectivity index (χ1n) is 10.2. The Morgan fingerprint density at radius 1 is 1.06 bits per heavy atom. The van der Waals surface area contributed by atoms with E-state index in [9.17, 15) is 13.6 Å². The summed E-state index contributed by atoms with van der Waals surface area (Å²) in [5.41, 5.74) is 1.48. The smallest absolute Gasteiger partial charge is 0.280 e. The van der Waals surface area contributed by atoms with Crippen LogP contribution in [0.15, 0.2) is 60.8 Å². The van der Waals surface area contributed by atoms with E-state index in [4.69, 9.17) is 9.47 Å². The largest absolute Gasteiger partial charge is 0.497 e. The van der Waals surface area contributed by atoms with Gasteiger partial charge in [-0.25, -0.2) is 18.3 Å². The molecule has 1 amide bonds. The number of hydrogen-bond donors (Lipinski definition) is 1. The van der Waals surface area contributed by atoms with Crippen molar-refractivity contribution in [2.45, 2.75) is 19.4 Å². The van der Waals surface area contributed by atoms with Gasteiger partial charge in [-0.1, -0.05) is 30.3 Å². The van der Waals surface area contributed by atoms with Crippen LogP contribution in [0.5, 0.6) is 11.5 Å². The molecule has 0 aliphatic carbocycles. The topological polar surface area (TPSA) is 77.8 Å². The van der Waals surface area contributed by atoms with Crippen LogP contribution >= 0.6 is 0 Å². The van der Waals surface area contributed by atoms with Gasteiger partial charge in [0.05, 0.1) is 32.2 Å². The number of aromatic nitrogens is 3. The van der Waals surface area contributed by atoms with Gasteiger partial charge >= 0.3 is 0 Å². The summed E-state index contributed by atoms with van der Waals surface area (Å²) in [5.74, 6) is 0.687. The molecule has 1 atom stereocenters. The highest BCUT2D eigenvalue weighted by Gasteiger charge is 2.23. The molecule has 4 rings (SSSR count). The summed E-state index contributed by atoms with van der Waals surface area (Å²) in [5, 5.41) is 6.87. The number of carbonyl (C=O) groups excluding carboxylic acids is 1. The number of ether oxygens (including phenoxy) is 2. The van der Waals surface area contributed by atoms with Gasteiger partial charge in [0.1, 0.15) is 22.8 Å². The van der Waals surface area contributed by atoms with Crippen LogP contribution in [0, 0.1) is 0 Å². The number of alkyl halides is 2. The van der Waals surface area contributed by atoms with Gasteiger partial charge in [-0.3, -0.25) is 4.79 Å². The molecule has 0 fully saturated rings. The SMILES string of the molecule is COc1ccc(OC)c(C(C)NC(=O)c2cnn3c(C(F)F)cc(-c4ccccc4)nc23)c1. The Kier molecular flexibility index (Phi) is 6.21. The second-order valence-electron chi connectivity index (χ2n) is 7.33. The van der Waals surface area contributed by atoms with Gasteiger partial charge in [0.25, 0.3) is 12.3 Å². The number of nitrogens with zero attached hydrogens (tertiary/aromatic N) is 3. The summed E-state index contributed by atoms with van der Waals surface area (Å²) >= 11 is 0. The Bertz CT molecular complexity index is 1290. The highest BCUT2D eigenvalue weighted by molar-refractivity contribution is 6.00. The highest BCUT2D eigenvalue weighted by Crippen LogP contribution is 2.30. The summed E-state index contributed by atoms with van der Waals surface area (Å²) in [7, 11) is 3.08. The number of benzene rings is 2. The van der Waals surface area contributed by atoms with Crippen molar-refractivity contribution in [3.63, 3.8) is 0 Å². The number of nitrogens with one attached hydrogen (secondary N) is 1. The third-order valence-electron chi connectivity index (χ3n) is 5.29. The van der Waals surface area contributed by atoms with E-state index in [1.807, 2.05) is 6.07 Å². The van der Waals surface area contributed by atoms with Crippen molar-refractivity contribution in [3.8, 4) is 22.8 Å². The predicted octanol–water partition coefficient (Wildman–Crippen LogP) is 4.84. The van der Waals surface area contributed by atoms with Crippen molar-refractivity contribution >= 4 is 11.6 Å². The normalized spacial score (nSPS) is 12.1. The molecule has 2 heterocycles. The van der Waals surface area contributed by atoms with Crippen LogP contribution in [0.4, 0.5) is 8.78 Å². The number of hydrogen-bond acceptors (Lipinski definition) is 5. The number of fused-ring (bicyclic) bond motifs is 1. The summed E-state index contributed by atoms with van der Waals surface area (Å²) in [6.07, 6.45) is -1.55. The molecular weight excluding hydrogens is 430 g/mol. The second-order valence-corrected chi connectivity index (χ2v) is 7.33. The van der Waals surface area contributed by atoms with Crippen LogP contribution in [-0.4, -0.2) is 34.7 Å². The number of methoxy groups -OCH3 is 2. The zero-order valence-corrected chi connectivity index (χ0v) is 18.3. The molecule has 170 valence electrons. The summed E-state index contributed by atoms with van der Waals surface area (Å²) in [6.45, 7) is 1.79. The van der Waals surface area contributed by atoms with Crippen molar-refractivity contribution in [3.05, 3.63) is 77.6 Å². The van der Waals surface area contributed by atoms with Gasteiger partial charge in [0.2, 0.25) is 0 Å². The van der Waals surface area contributed by atoms with Crippen LogP contribution in [0.3, 0.4) is 0 Å². The van der Waals surface area contributed by atoms with E-state index in [1.165, 1.54) is 19.4 Å². The zero-order chi connectivity index (χ0) is 23.5. The molecule has 1 unspecified atom stereocenters. The Labute approximate surface area is 189 Å². The van der Waals surface area contributed by atoms with E-state index in [-0.39, 0.29) is 16.9 Å². The van der Waals surface area contributed by atoms with E-state index in [2.05, 4.69) is 15.4 Å². The van der Waals surface area contributed by atoms with Crippen LogP contribution in [0.25, 0.3) is 16.9 Å². The third kappa shape index (κ3) is 4.34. The maximum Gasteiger partial charge on any atom is 0.280 e. The fourth-order valence-electron chi connectivity index (χ4n) is 3.59. The minimum absolute atomic E-state index is 0.0500. The molecule has 0 saturated carbocycles. The van der Waals surface area contributed by atoms with Crippen molar-refractivity contribution in [1.82, 2.24) is 19.9 Å². The first-order chi connectivity index (χ1) is 15.9. The average Bonchev–Trinajstić information content (AvgIpc) is 3.27. The summed E-state index contributed by atoms with van der Waals surface area (Å²) in [6, 6.07) is 15.0. The molecule has 9 heteroatoms. The lowest BCUT2D eigenvalue weighted by molar-refractivity contribution is 0.0940. The predicted molar refractivity (Wildman–Crippen MR) is 119 cm³/mol. The van der Waals surface area contributed by atoms with Gasteiger partial charge in [-0.2, -0.15) is 5.10 Å². The molecule has 0 radical (unpaired) electrons. The second kappa shape index (κ2) is 9.23. The van der Waals surface area contributed by atoms with Crippen LogP contribution in [0.1, 0.15) is 41.0 Å². The van der Waals surface area contributed by atoms with E-state index in [0.717, 1.165) is 4.52 Å². The van der Waals surface area contributed by atoms with Gasteiger partial charge in [0, 0.05) is 11.1 Å². The van der Waals surface area contributed by atoms with E-state index < -0.39 is 18.4 Å². The Morgan fingerprint density at radius 3 is 2.48 bits per heavy atom. The van der Waals surface area contributed by atoms with E-state index >= 15 is 0 Å². The maximum absolute atomic E-state index is 13.8. The zero-order valence-electron chi connectivity index (χ0n) is 18.3. The first-order valence-corrected chi connectivity index (χ1v) is 10.2. The summed E-state index contributed by atoms with van der Waals surface area (Å²) in [4.78, 5) is 17.6. The standard InChI is InChI=1S/C24H22F2N4O3/c1-14(17-11-16(32-2)9-10-21(17)33-3)28-24(31)18-13-27-30-20(22(25)26)12-19(29-23(18)30)15-7-5-4-6-8-15/h4-14,22H,1-3H3,(H,28,31). The lowest BCUT2D eigenvalue weighted by atomic mass is 10.1. The number of amides is 1. The molecule has 0 spiro atoms. The van der Waals surface area contributed by atoms with Gasteiger partial charge in [-0.15, -0.1) is 0 Å². The highest BCUT2D eigenvalue weighted by atomic mass is 19.3. The minimum Gasteiger partial charge on any atom is -0.497 e. The molecule has 2 aromatic heterocycles. The lowest BCUT2D eigenvalue weighted by Gasteiger charge is -2.18. The Morgan fingerprint density at radius 2 is 1.82 bits per heavy atom. The molecule has 7 nitrogen and oxygen atoms in total. The third-order valence-corrected chi connectivity index (χ3v) is 5.29. The molecule has 0 bridgehead atoms. The summed E-state index contributed by atoms with van der Waals surface area (Å²) < 4.78 is 39.2. The Balaban J connectivity index is 1.73. The molecule has 33 heavy (non-hydrogen) atoms. The van der Waals surface area contributed by atoms with Crippen molar-refractivity contribution in [1.29, 1.82) is 0 Å². The molecule has 2 aromatic carbocycles. The fraction of sp³-hybridized carbons (Fsp3) is 0.208. The molecule has 1 N–H and O–H groups in total. The fourth-order valence-corrected chi connectivity index (χ4v) is 3.59. The van der Waals surface area contributed by atoms with Gasteiger partial charge in [-0.05, 0) is 31.2 Å². The van der Waals surface area contributed by atoms with E-state index in [0.29, 0.717) is 28.3 Å². The number of rotatable bonds is 7. The number of halogens is 2. The lowest BCUT2D eigenvalue weighted by Crippen LogP contribution is -2.27. The number of carbonyl (C=O) groups is 1. The molecule has 4 aromatic rings. The van der Waals surface area contributed by atoms with Gasteiger partial charge in [0.15, 0.2) is 5.65 Å². The minimum atomic E-state index is -2.80. The van der Waals surface area contributed by atoms with Crippen LogP contribution < -0.4 is 14.8 Å². The quantitative estimate of drug-likeness (QED) is 0.434. The average molecular weight is 452 g/mol. The van der Waals surface area contributed by atoms with Gasteiger partial charge < -0.3 is 14.8 Å². The van der Waals surface area contributed by atoms with E-state index in [1.54, 1.807) is 56.5 Å².